The molecule has 0 unspecified atom stereocenters. The lowest BCUT2D eigenvalue weighted by Crippen LogP contribution is -2.54. The first-order valence-corrected chi connectivity index (χ1v) is 11.1. The maximum atomic E-state index is 13.9. The first-order chi connectivity index (χ1) is 15.8. The van der Waals surface area contributed by atoms with Crippen molar-refractivity contribution in [3.63, 3.8) is 0 Å². The standard InChI is InChI=1S/C24H22N4O5/c1-12-10-13(2)20-16(11-12)24(23(31)25-20)19-18(17-4-3-9-26(17)24)21(29)27(22(19)30)14-5-7-15(8-6-14)28(32)33/h5-8,10-11,17-19H,3-4,9H2,1-2H3,(H,25,31)/t17-,18-,19+,24+/m1/s1. The van der Waals surface area contributed by atoms with Gasteiger partial charge in [-0.25, -0.2) is 4.90 Å². The third kappa shape index (κ3) is 2.32. The van der Waals surface area contributed by atoms with Crippen LogP contribution in [0.1, 0.15) is 29.5 Å². The monoisotopic (exact) mass is 446 g/mol. The van der Waals surface area contributed by atoms with E-state index in [1.54, 1.807) is 0 Å². The minimum absolute atomic E-state index is 0.119. The van der Waals surface area contributed by atoms with Crippen LogP contribution in [-0.2, 0) is 19.9 Å². The molecule has 3 amide bonds. The Balaban J connectivity index is 1.53. The van der Waals surface area contributed by atoms with Crippen molar-refractivity contribution < 1.29 is 19.3 Å². The van der Waals surface area contributed by atoms with Crippen molar-refractivity contribution in [2.75, 3.05) is 16.8 Å². The van der Waals surface area contributed by atoms with E-state index >= 15 is 0 Å². The van der Waals surface area contributed by atoms with Gasteiger partial charge in [-0.05, 0) is 50.9 Å². The van der Waals surface area contributed by atoms with Gasteiger partial charge in [0.05, 0.1) is 22.4 Å². The maximum Gasteiger partial charge on any atom is 0.269 e. The SMILES string of the molecule is Cc1cc(C)c2c(c1)[C@@]1(C(=O)N2)[C@@H]2C(=O)N(c3ccc([N+](=O)[O-])cc3)C(=O)[C@@H]2[C@H]2CCCN21. The molecule has 33 heavy (non-hydrogen) atoms. The molecule has 3 saturated heterocycles. The Labute approximate surface area is 189 Å². The molecular formula is C24H22N4O5. The van der Waals surface area contributed by atoms with Gasteiger partial charge in [-0.1, -0.05) is 17.7 Å². The molecule has 1 spiro atoms. The van der Waals surface area contributed by atoms with Crippen LogP contribution >= 0.6 is 0 Å². The van der Waals surface area contributed by atoms with Crippen molar-refractivity contribution in [2.24, 2.45) is 11.8 Å². The van der Waals surface area contributed by atoms with Crippen LogP contribution in [0.5, 0.6) is 0 Å². The lowest BCUT2D eigenvalue weighted by Gasteiger charge is -2.36. The Hall–Kier alpha value is -3.59. The largest absolute Gasteiger partial charge is 0.324 e. The van der Waals surface area contributed by atoms with Gasteiger partial charge in [0.15, 0.2) is 0 Å². The fourth-order valence-electron chi connectivity index (χ4n) is 6.64. The zero-order valence-electron chi connectivity index (χ0n) is 18.2. The number of aryl methyl sites for hydroxylation is 2. The number of carbonyl (C=O) groups is 3. The van der Waals surface area contributed by atoms with Crippen molar-refractivity contribution in [3.05, 3.63) is 63.2 Å². The molecule has 9 nitrogen and oxygen atoms in total. The molecule has 0 aliphatic carbocycles. The van der Waals surface area contributed by atoms with Gasteiger partial charge in [-0.2, -0.15) is 0 Å². The third-order valence-electron chi connectivity index (χ3n) is 7.76. The van der Waals surface area contributed by atoms with Crippen LogP contribution in [0.15, 0.2) is 36.4 Å². The van der Waals surface area contributed by atoms with E-state index in [9.17, 15) is 24.5 Å². The van der Waals surface area contributed by atoms with Gasteiger partial charge < -0.3 is 5.32 Å². The van der Waals surface area contributed by atoms with Crippen molar-refractivity contribution in [1.82, 2.24) is 4.90 Å². The number of benzene rings is 2. The number of hydrogen-bond donors (Lipinski definition) is 1. The van der Waals surface area contributed by atoms with Gasteiger partial charge in [0.2, 0.25) is 17.7 Å². The highest BCUT2D eigenvalue weighted by atomic mass is 16.6. The summed E-state index contributed by atoms with van der Waals surface area (Å²) >= 11 is 0. The molecule has 9 heteroatoms. The van der Waals surface area contributed by atoms with Gasteiger partial charge >= 0.3 is 0 Å². The molecule has 4 heterocycles. The average molecular weight is 446 g/mol. The molecule has 0 bridgehead atoms. The lowest BCUT2D eigenvalue weighted by molar-refractivity contribution is -0.384. The van der Waals surface area contributed by atoms with Gasteiger partial charge in [0.1, 0.15) is 5.54 Å². The Morgan fingerprint density at radius 1 is 1.09 bits per heavy atom. The first kappa shape index (κ1) is 20.0. The second-order valence-electron chi connectivity index (χ2n) is 9.42. The predicted molar refractivity (Wildman–Crippen MR) is 119 cm³/mol. The van der Waals surface area contributed by atoms with Crippen LogP contribution in [0.3, 0.4) is 0 Å². The summed E-state index contributed by atoms with van der Waals surface area (Å²) in [6.45, 7) is 4.54. The highest BCUT2D eigenvalue weighted by molar-refractivity contribution is 6.26. The number of hydrogen-bond acceptors (Lipinski definition) is 6. The number of imide groups is 1. The molecule has 0 saturated carbocycles. The van der Waals surface area contributed by atoms with Gasteiger partial charge in [0, 0.05) is 29.4 Å². The lowest BCUT2D eigenvalue weighted by atomic mass is 9.75. The summed E-state index contributed by atoms with van der Waals surface area (Å²) in [4.78, 5) is 55.0. The predicted octanol–water partition coefficient (Wildman–Crippen LogP) is 2.64. The fourth-order valence-corrected chi connectivity index (χ4v) is 6.64. The Bertz CT molecular complexity index is 1270. The molecule has 4 atom stereocenters. The van der Waals surface area contributed by atoms with Crippen LogP contribution in [0.4, 0.5) is 17.1 Å². The normalized spacial score (nSPS) is 30.1. The maximum absolute atomic E-state index is 13.9. The minimum atomic E-state index is -1.22. The Kier molecular flexibility index (Phi) is 3.93. The molecule has 168 valence electrons. The second kappa shape index (κ2) is 6.48. The number of fused-ring (bicyclic) bond motifs is 7. The van der Waals surface area contributed by atoms with E-state index in [0.29, 0.717) is 12.2 Å². The van der Waals surface area contributed by atoms with Gasteiger partial charge in [-0.3, -0.25) is 29.4 Å². The summed E-state index contributed by atoms with van der Waals surface area (Å²) in [5.41, 5.74) is 2.38. The van der Waals surface area contributed by atoms with Crippen LogP contribution in [0.2, 0.25) is 0 Å². The molecule has 0 radical (unpaired) electrons. The number of amides is 3. The molecule has 3 fully saturated rings. The van der Waals surface area contributed by atoms with Crippen molar-refractivity contribution in [3.8, 4) is 0 Å². The summed E-state index contributed by atoms with van der Waals surface area (Å²) in [5.74, 6) is -2.48. The van der Waals surface area contributed by atoms with Crippen LogP contribution in [-0.4, -0.2) is 40.1 Å². The minimum Gasteiger partial charge on any atom is -0.324 e. The zero-order valence-corrected chi connectivity index (χ0v) is 18.2. The number of non-ortho nitro benzene ring substituents is 1. The Morgan fingerprint density at radius 2 is 1.82 bits per heavy atom. The van der Waals surface area contributed by atoms with E-state index in [4.69, 9.17) is 0 Å². The molecule has 2 aromatic rings. The fraction of sp³-hybridized carbons (Fsp3) is 0.375. The molecule has 1 N–H and O–H groups in total. The molecule has 4 aliphatic heterocycles. The van der Waals surface area contributed by atoms with Crippen LogP contribution in [0, 0.1) is 35.8 Å². The van der Waals surface area contributed by atoms with E-state index in [-0.39, 0.29) is 23.5 Å². The summed E-state index contributed by atoms with van der Waals surface area (Å²) < 4.78 is 0. The van der Waals surface area contributed by atoms with E-state index in [0.717, 1.165) is 40.1 Å². The number of anilines is 2. The zero-order chi connectivity index (χ0) is 23.2. The first-order valence-electron chi connectivity index (χ1n) is 11.1. The highest BCUT2D eigenvalue weighted by Crippen LogP contribution is 2.61. The number of carbonyl (C=O) groups excluding carboxylic acids is 3. The number of nitro groups is 1. The van der Waals surface area contributed by atoms with E-state index in [2.05, 4.69) is 10.2 Å². The van der Waals surface area contributed by atoms with Gasteiger partial charge in [0.25, 0.3) is 5.69 Å². The topological polar surface area (TPSA) is 113 Å². The number of nitro benzene ring substituents is 1. The molecule has 6 rings (SSSR count). The molecule has 2 aromatic carbocycles. The third-order valence-corrected chi connectivity index (χ3v) is 7.76. The Morgan fingerprint density at radius 3 is 2.52 bits per heavy atom. The van der Waals surface area contributed by atoms with Crippen molar-refractivity contribution in [1.29, 1.82) is 0 Å². The number of nitrogens with zero attached hydrogens (tertiary/aromatic N) is 3. The average Bonchev–Trinajstić information content (AvgIpc) is 3.47. The molecule has 0 aromatic heterocycles. The van der Waals surface area contributed by atoms with Crippen molar-refractivity contribution >= 4 is 34.8 Å². The smallest absolute Gasteiger partial charge is 0.269 e. The van der Waals surface area contributed by atoms with E-state index < -0.39 is 28.2 Å². The summed E-state index contributed by atoms with van der Waals surface area (Å²) in [5, 5.41) is 14.1. The van der Waals surface area contributed by atoms with Gasteiger partial charge in [-0.15, -0.1) is 0 Å². The van der Waals surface area contributed by atoms with Crippen LogP contribution < -0.4 is 10.2 Å². The highest BCUT2D eigenvalue weighted by Gasteiger charge is 2.74. The van der Waals surface area contributed by atoms with Crippen LogP contribution in [0.25, 0.3) is 0 Å². The summed E-state index contributed by atoms with van der Waals surface area (Å²) in [6, 6.07) is 9.17. The van der Waals surface area contributed by atoms with E-state index in [1.807, 2.05) is 26.0 Å². The quantitative estimate of drug-likeness (QED) is 0.431. The second-order valence-corrected chi connectivity index (χ2v) is 9.42. The van der Waals surface area contributed by atoms with Crippen molar-refractivity contribution in [2.45, 2.75) is 38.3 Å². The molecule has 4 aliphatic rings. The van der Waals surface area contributed by atoms with E-state index in [1.165, 1.54) is 24.3 Å². The summed E-state index contributed by atoms with van der Waals surface area (Å²) in [6.07, 6.45) is 1.59. The molecular weight excluding hydrogens is 424 g/mol. The number of rotatable bonds is 2. The number of nitrogens with one attached hydrogen (secondary N) is 1. The summed E-state index contributed by atoms with van der Waals surface area (Å²) in [7, 11) is 0.